The molecule has 1 N–H and O–H groups in total. The van der Waals surface area contributed by atoms with Gasteiger partial charge in [0.1, 0.15) is 5.82 Å². The van der Waals surface area contributed by atoms with Gasteiger partial charge in [-0.05, 0) is 30.0 Å². The van der Waals surface area contributed by atoms with Crippen molar-refractivity contribution in [1.82, 2.24) is 9.97 Å². The van der Waals surface area contributed by atoms with Gasteiger partial charge in [-0.25, -0.2) is 9.97 Å². The van der Waals surface area contributed by atoms with Crippen molar-refractivity contribution >= 4 is 23.3 Å². The van der Waals surface area contributed by atoms with Gasteiger partial charge in [-0.15, -0.1) is 0 Å². The average Bonchev–Trinajstić information content (AvgIpc) is 2.82. The van der Waals surface area contributed by atoms with E-state index in [1.807, 2.05) is 0 Å². The molecule has 1 saturated carbocycles. The number of hydrogen-bond acceptors (Lipinski definition) is 3. The third-order valence-electron chi connectivity index (χ3n) is 2.32. The Bertz CT molecular complexity index is 369. The number of nitrogens with zero attached hydrogens (tertiary/aromatic N) is 2. The molecule has 74 valence electrons. The van der Waals surface area contributed by atoms with E-state index in [4.69, 9.17) is 11.6 Å². The van der Waals surface area contributed by atoms with E-state index in [-0.39, 0.29) is 17.1 Å². The number of halogens is 1. The molecular formula is C9H10ClN3O. The van der Waals surface area contributed by atoms with Gasteiger partial charge in [-0.3, -0.25) is 4.79 Å². The molecule has 2 rings (SSSR count). The number of amides is 1. The largest absolute Gasteiger partial charge is 0.310 e. The van der Waals surface area contributed by atoms with Crippen molar-refractivity contribution < 1.29 is 4.79 Å². The number of hydrogen-bond donors (Lipinski definition) is 1. The summed E-state index contributed by atoms with van der Waals surface area (Å²) in [4.78, 5) is 19.1. The Labute approximate surface area is 86.7 Å². The molecular weight excluding hydrogens is 202 g/mol. The number of carbonyl (C=O) groups excluding carboxylic acids is 1. The maximum absolute atomic E-state index is 11.5. The molecule has 0 aromatic carbocycles. The molecule has 2 atom stereocenters. The summed E-state index contributed by atoms with van der Waals surface area (Å²) in [7, 11) is 0. The highest BCUT2D eigenvalue weighted by Gasteiger charge is 2.39. The molecule has 1 heterocycles. The van der Waals surface area contributed by atoms with Gasteiger partial charge >= 0.3 is 0 Å². The Morgan fingerprint density at radius 1 is 1.71 bits per heavy atom. The first-order valence-corrected chi connectivity index (χ1v) is 4.84. The van der Waals surface area contributed by atoms with Crippen LogP contribution in [-0.4, -0.2) is 15.9 Å². The number of rotatable bonds is 2. The lowest BCUT2D eigenvalue weighted by Gasteiger charge is -2.02. The monoisotopic (exact) mass is 211 g/mol. The predicted molar refractivity (Wildman–Crippen MR) is 52.9 cm³/mol. The Balaban J connectivity index is 2.00. The number of aromatic nitrogens is 2. The van der Waals surface area contributed by atoms with Crippen LogP contribution in [0.25, 0.3) is 0 Å². The summed E-state index contributed by atoms with van der Waals surface area (Å²) >= 11 is 5.58. The Kier molecular flexibility index (Phi) is 2.37. The first kappa shape index (κ1) is 9.40. The van der Waals surface area contributed by atoms with Gasteiger partial charge in [0.25, 0.3) is 0 Å². The van der Waals surface area contributed by atoms with E-state index in [1.165, 1.54) is 6.20 Å². The molecule has 1 unspecified atom stereocenters. The normalized spacial score (nSPS) is 24.4. The molecule has 1 aromatic rings. The second kappa shape index (κ2) is 3.53. The van der Waals surface area contributed by atoms with Crippen LogP contribution in [0.1, 0.15) is 13.3 Å². The van der Waals surface area contributed by atoms with Crippen molar-refractivity contribution in [3.63, 3.8) is 0 Å². The standard InChI is InChI=1S/C9H10ClN3O/c1-5-4-6(5)8(14)12-7-2-3-11-9(10)13-7/h2-3,5-6H,4H2,1H3,(H,11,12,13,14)/t5-,6?/m0/s1. The van der Waals surface area contributed by atoms with E-state index < -0.39 is 0 Å². The molecule has 0 saturated heterocycles. The second-order valence-corrected chi connectivity index (χ2v) is 3.86. The van der Waals surface area contributed by atoms with Gasteiger partial charge in [-0.2, -0.15) is 0 Å². The van der Waals surface area contributed by atoms with Gasteiger partial charge in [-0.1, -0.05) is 6.92 Å². The van der Waals surface area contributed by atoms with Crippen LogP contribution in [0.4, 0.5) is 5.82 Å². The van der Waals surface area contributed by atoms with Crippen molar-refractivity contribution in [1.29, 1.82) is 0 Å². The van der Waals surface area contributed by atoms with Gasteiger partial charge in [0, 0.05) is 12.1 Å². The maximum Gasteiger partial charge on any atom is 0.228 e. The number of anilines is 1. The summed E-state index contributed by atoms with van der Waals surface area (Å²) in [6.07, 6.45) is 2.48. The van der Waals surface area contributed by atoms with Crippen LogP contribution in [0.3, 0.4) is 0 Å². The summed E-state index contributed by atoms with van der Waals surface area (Å²) in [5.74, 6) is 1.12. The van der Waals surface area contributed by atoms with Crippen LogP contribution in [-0.2, 0) is 4.79 Å². The lowest BCUT2D eigenvalue weighted by molar-refractivity contribution is -0.117. The third-order valence-corrected chi connectivity index (χ3v) is 2.51. The molecule has 1 aliphatic carbocycles. The van der Waals surface area contributed by atoms with Crippen LogP contribution < -0.4 is 5.32 Å². The molecule has 0 radical (unpaired) electrons. The number of nitrogens with one attached hydrogen (secondary N) is 1. The zero-order valence-electron chi connectivity index (χ0n) is 7.70. The Morgan fingerprint density at radius 2 is 2.43 bits per heavy atom. The van der Waals surface area contributed by atoms with Crippen molar-refractivity contribution in [2.45, 2.75) is 13.3 Å². The second-order valence-electron chi connectivity index (χ2n) is 3.52. The first-order chi connectivity index (χ1) is 6.66. The minimum Gasteiger partial charge on any atom is -0.310 e. The minimum absolute atomic E-state index is 0.0206. The molecule has 1 fully saturated rings. The molecule has 1 aliphatic rings. The zero-order valence-corrected chi connectivity index (χ0v) is 8.45. The molecule has 0 aliphatic heterocycles. The number of carbonyl (C=O) groups is 1. The lowest BCUT2D eigenvalue weighted by atomic mass is 10.3. The average molecular weight is 212 g/mol. The van der Waals surface area contributed by atoms with Crippen molar-refractivity contribution in [3.05, 3.63) is 17.5 Å². The maximum atomic E-state index is 11.5. The van der Waals surface area contributed by atoms with Crippen molar-refractivity contribution in [3.8, 4) is 0 Å². The minimum atomic E-state index is 0.0206. The quantitative estimate of drug-likeness (QED) is 0.758. The fourth-order valence-corrected chi connectivity index (χ4v) is 1.46. The molecule has 1 amide bonds. The Morgan fingerprint density at radius 3 is 3.00 bits per heavy atom. The summed E-state index contributed by atoms with van der Waals surface area (Å²) in [6.45, 7) is 2.05. The topological polar surface area (TPSA) is 54.9 Å². The summed E-state index contributed by atoms with van der Waals surface area (Å²) in [5.41, 5.74) is 0. The van der Waals surface area contributed by atoms with E-state index in [1.54, 1.807) is 6.07 Å². The van der Waals surface area contributed by atoms with Crippen molar-refractivity contribution in [2.75, 3.05) is 5.32 Å². The van der Waals surface area contributed by atoms with Crippen molar-refractivity contribution in [2.24, 2.45) is 11.8 Å². The zero-order chi connectivity index (χ0) is 10.1. The Hall–Kier alpha value is -1.16. The van der Waals surface area contributed by atoms with E-state index in [0.29, 0.717) is 11.7 Å². The van der Waals surface area contributed by atoms with Gasteiger partial charge < -0.3 is 5.32 Å². The van der Waals surface area contributed by atoms with Gasteiger partial charge in [0.15, 0.2) is 0 Å². The van der Waals surface area contributed by atoms with E-state index in [2.05, 4.69) is 22.2 Å². The highest BCUT2D eigenvalue weighted by atomic mass is 35.5. The molecule has 5 heteroatoms. The van der Waals surface area contributed by atoms with Gasteiger partial charge in [0.05, 0.1) is 0 Å². The third kappa shape index (κ3) is 2.01. The predicted octanol–water partition coefficient (Wildman–Crippen LogP) is 1.72. The SMILES string of the molecule is C[C@H]1CC1C(=O)Nc1ccnc(Cl)n1. The summed E-state index contributed by atoms with van der Waals surface area (Å²) in [6, 6.07) is 1.62. The molecule has 4 nitrogen and oxygen atoms in total. The van der Waals surface area contributed by atoms with E-state index in [0.717, 1.165) is 6.42 Å². The van der Waals surface area contributed by atoms with Crippen LogP contribution in [0.2, 0.25) is 5.28 Å². The van der Waals surface area contributed by atoms with Crippen LogP contribution in [0.15, 0.2) is 12.3 Å². The van der Waals surface area contributed by atoms with Gasteiger partial charge in [0.2, 0.25) is 11.2 Å². The van der Waals surface area contributed by atoms with E-state index in [9.17, 15) is 4.79 Å². The first-order valence-electron chi connectivity index (χ1n) is 4.46. The summed E-state index contributed by atoms with van der Waals surface area (Å²) < 4.78 is 0. The van der Waals surface area contributed by atoms with Crippen LogP contribution in [0, 0.1) is 11.8 Å². The molecule has 0 bridgehead atoms. The molecule has 1 aromatic heterocycles. The fourth-order valence-electron chi connectivity index (χ4n) is 1.31. The van der Waals surface area contributed by atoms with E-state index >= 15 is 0 Å². The molecule has 0 spiro atoms. The van der Waals surface area contributed by atoms with Crippen LogP contribution >= 0.6 is 11.6 Å². The molecule has 14 heavy (non-hydrogen) atoms. The fraction of sp³-hybridized carbons (Fsp3) is 0.444. The summed E-state index contributed by atoms with van der Waals surface area (Å²) in [5, 5.41) is 2.85. The van der Waals surface area contributed by atoms with Crippen LogP contribution in [0.5, 0.6) is 0 Å². The highest BCUT2D eigenvalue weighted by molar-refractivity contribution is 6.28. The lowest BCUT2D eigenvalue weighted by Crippen LogP contribution is -2.15. The smallest absolute Gasteiger partial charge is 0.228 e. The highest BCUT2D eigenvalue weighted by Crippen LogP contribution is 2.38.